The number of nitrogens with zero attached hydrogens (tertiary/aromatic N) is 1. The second-order valence-electron chi connectivity index (χ2n) is 5.81. The van der Waals surface area contributed by atoms with Crippen LogP contribution in [0.2, 0.25) is 0 Å². The van der Waals surface area contributed by atoms with Crippen LogP contribution in [-0.2, 0) is 0 Å². The Balaban J connectivity index is 1.77. The van der Waals surface area contributed by atoms with Crippen LogP contribution >= 0.6 is 11.3 Å². The molecule has 0 atom stereocenters. The fourth-order valence-electron chi connectivity index (χ4n) is 2.40. The molecule has 1 amide bonds. The first-order valence-electron chi connectivity index (χ1n) is 8.01. The summed E-state index contributed by atoms with van der Waals surface area (Å²) in [7, 11) is 0. The van der Waals surface area contributed by atoms with Crippen molar-refractivity contribution < 1.29 is 9.53 Å². The number of amides is 1. The average molecular weight is 340 g/mol. The maximum Gasteiger partial charge on any atom is 0.257 e. The third kappa shape index (κ3) is 3.57. The van der Waals surface area contributed by atoms with E-state index in [0.29, 0.717) is 23.2 Å². The van der Waals surface area contributed by atoms with Crippen molar-refractivity contribution >= 4 is 32.6 Å². The molecule has 1 heterocycles. The van der Waals surface area contributed by atoms with Gasteiger partial charge in [0.1, 0.15) is 5.75 Å². The van der Waals surface area contributed by atoms with Crippen LogP contribution in [0.25, 0.3) is 10.2 Å². The Morgan fingerprint density at radius 1 is 1.21 bits per heavy atom. The third-order valence-corrected chi connectivity index (χ3v) is 4.66. The minimum Gasteiger partial charge on any atom is -0.494 e. The largest absolute Gasteiger partial charge is 0.494 e. The standard InChI is InChI=1S/C19H20N2O2S/c1-4-23-15-9-10-16-17(11-15)24-19(20-16)21-18(22)14-7-5-13(6-8-14)12(2)3/h5-12H,4H2,1-3H3,(H,20,21,22). The van der Waals surface area contributed by atoms with Crippen molar-refractivity contribution in [3.8, 4) is 5.75 Å². The first kappa shape index (κ1) is 16.5. The van der Waals surface area contributed by atoms with Gasteiger partial charge < -0.3 is 4.74 Å². The fraction of sp³-hybridized carbons (Fsp3) is 0.263. The molecule has 24 heavy (non-hydrogen) atoms. The zero-order valence-electron chi connectivity index (χ0n) is 14.0. The summed E-state index contributed by atoms with van der Waals surface area (Å²) in [4.78, 5) is 16.8. The molecule has 3 rings (SSSR count). The summed E-state index contributed by atoms with van der Waals surface area (Å²) >= 11 is 1.45. The average Bonchev–Trinajstić information content (AvgIpc) is 2.96. The lowest BCUT2D eigenvalue weighted by Gasteiger charge is -2.06. The Hall–Kier alpha value is -2.40. The molecule has 0 spiro atoms. The molecule has 124 valence electrons. The highest BCUT2D eigenvalue weighted by Gasteiger charge is 2.11. The number of thiazole rings is 1. The number of anilines is 1. The van der Waals surface area contributed by atoms with Crippen LogP contribution in [0.15, 0.2) is 42.5 Å². The zero-order valence-corrected chi connectivity index (χ0v) is 14.8. The molecule has 0 aliphatic carbocycles. The number of fused-ring (bicyclic) bond motifs is 1. The van der Waals surface area contributed by atoms with Gasteiger partial charge in [-0.1, -0.05) is 37.3 Å². The summed E-state index contributed by atoms with van der Waals surface area (Å²) in [6.45, 7) is 6.84. The highest BCUT2D eigenvalue weighted by molar-refractivity contribution is 7.22. The Labute approximate surface area is 145 Å². The molecule has 5 heteroatoms. The normalized spacial score (nSPS) is 11.0. The Kier molecular flexibility index (Phi) is 4.81. The van der Waals surface area contributed by atoms with Crippen LogP contribution in [0.5, 0.6) is 5.75 Å². The number of hydrogen-bond acceptors (Lipinski definition) is 4. The maximum atomic E-state index is 12.4. The molecule has 0 radical (unpaired) electrons. The van der Waals surface area contributed by atoms with E-state index >= 15 is 0 Å². The minimum absolute atomic E-state index is 0.144. The van der Waals surface area contributed by atoms with Gasteiger partial charge in [-0.05, 0) is 48.7 Å². The van der Waals surface area contributed by atoms with Gasteiger partial charge >= 0.3 is 0 Å². The topological polar surface area (TPSA) is 51.2 Å². The van der Waals surface area contributed by atoms with Crippen LogP contribution in [-0.4, -0.2) is 17.5 Å². The number of rotatable bonds is 5. The van der Waals surface area contributed by atoms with Gasteiger partial charge in [-0.15, -0.1) is 0 Å². The van der Waals surface area contributed by atoms with Crippen molar-refractivity contribution in [3.05, 3.63) is 53.6 Å². The van der Waals surface area contributed by atoms with Gasteiger partial charge in [-0.25, -0.2) is 4.98 Å². The summed E-state index contributed by atoms with van der Waals surface area (Å²) < 4.78 is 6.49. The molecule has 0 saturated heterocycles. The summed E-state index contributed by atoms with van der Waals surface area (Å²) in [5.74, 6) is 1.12. The number of aromatic nitrogens is 1. The summed E-state index contributed by atoms with van der Waals surface area (Å²) in [6.07, 6.45) is 0. The van der Waals surface area contributed by atoms with Crippen molar-refractivity contribution in [3.63, 3.8) is 0 Å². The zero-order chi connectivity index (χ0) is 17.1. The number of ether oxygens (including phenoxy) is 1. The predicted octanol–water partition coefficient (Wildman–Crippen LogP) is 5.07. The van der Waals surface area contributed by atoms with Crippen LogP contribution in [0.4, 0.5) is 5.13 Å². The highest BCUT2D eigenvalue weighted by atomic mass is 32.1. The van der Waals surface area contributed by atoms with E-state index in [-0.39, 0.29) is 5.91 Å². The lowest BCUT2D eigenvalue weighted by atomic mass is 10.0. The van der Waals surface area contributed by atoms with Gasteiger partial charge in [0.2, 0.25) is 0 Å². The Morgan fingerprint density at radius 3 is 2.62 bits per heavy atom. The van der Waals surface area contributed by atoms with Crippen LogP contribution in [0, 0.1) is 0 Å². The molecule has 3 aromatic rings. The third-order valence-electron chi connectivity index (χ3n) is 3.73. The van der Waals surface area contributed by atoms with Crippen molar-refractivity contribution in [2.45, 2.75) is 26.7 Å². The molecule has 0 bridgehead atoms. The number of carbonyl (C=O) groups excluding carboxylic acids is 1. The molecule has 0 aliphatic rings. The van der Waals surface area contributed by atoms with Gasteiger partial charge in [0.25, 0.3) is 5.91 Å². The molecule has 1 aromatic heterocycles. The van der Waals surface area contributed by atoms with E-state index in [1.165, 1.54) is 16.9 Å². The van der Waals surface area contributed by atoms with Crippen LogP contribution in [0.1, 0.15) is 42.6 Å². The monoisotopic (exact) mass is 340 g/mol. The molecular weight excluding hydrogens is 320 g/mol. The first-order chi connectivity index (χ1) is 11.6. The highest BCUT2D eigenvalue weighted by Crippen LogP contribution is 2.29. The van der Waals surface area contributed by atoms with E-state index in [2.05, 4.69) is 24.1 Å². The Bertz CT molecular complexity index is 853. The lowest BCUT2D eigenvalue weighted by Crippen LogP contribution is -2.11. The molecular formula is C19H20N2O2S. The van der Waals surface area contributed by atoms with E-state index in [1.807, 2.05) is 49.4 Å². The quantitative estimate of drug-likeness (QED) is 0.705. The van der Waals surface area contributed by atoms with Crippen molar-refractivity contribution in [1.82, 2.24) is 4.98 Å². The maximum absolute atomic E-state index is 12.4. The molecule has 0 fully saturated rings. The number of benzene rings is 2. The van der Waals surface area contributed by atoms with E-state index in [0.717, 1.165) is 16.0 Å². The molecule has 2 aromatic carbocycles. The van der Waals surface area contributed by atoms with Gasteiger partial charge in [0, 0.05) is 5.56 Å². The molecule has 0 saturated carbocycles. The predicted molar refractivity (Wildman–Crippen MR) is 99.3 cm³/mol. The number of nitrogens with one attached hydrogen (secondary N) is 1. The second kappa shape index (κ2) is 7.01. The number of hydrogen-bond donors (Lipinski definition) is 1. The van der Waals surface area contributed by atoms with E-state index < -0.39 is 0 Å². The Morgan fingerprint density at radius 2 is 1.96 bits per heavy atom. The van der Waals surface area contributed by atoms with Gasteiger partial charge in [0.15, 0.2) is 5.13 Å². The minimum atomic E-state index is -0.144. The first-order valence-corrected chi connectivity index (χ1v) is 8.83. The number of carbonyl (C=O) groups is 1. The lowest BCUT2D eigenvalue weighted by molar-refractivity contribution is 0.102. The van der Waals surface area contributed by atoms with Gasteiger partial charge in [-0.3, -0.25) is 10.1 Å². The fourth-order valence-corrected chi connectivity index (χ4v) is 3.29. The molecule has 0 aliphatic heterocycles. The molecule has 0 unspecified atom stereocenters. The summed E-state index contributed by atoms with van der Waals surface area (Å²) in [5, 5.41) is 3.47. The molecule has 4 nitrogen and oxygen atoms in total. The van der Waals surface area contributed by atoms with Crippen molar-refractivity contribution in [1.29, 1.82) is 0 Å². The van der Waals surface area contributed by atoms with E-state index in [9.17, 15) is 4.79 Å². The van der Waals surface area contributed by atoms with Gasteiger partial charge in [0.05, 0.1) is 16.8 Å². The molecule has 1 N–H and O–H groups in total. The smallest absolute Gasteiger partial charge is 0.257 e. The van der Waals surface area contributed by atoms with Crippen molar-refractivity contribution in [2.24, 2.45) is 0 Å². The summed E-state index contributed by atoms with van der Waals surface area (Å²) in [5.41, 5.74) is 2.71. The second-order valence-corrected chi connectivity index (χ2v) is 6.84. The van der Waals surface area contributed by atoms with Gasteiger partial charge in [-0.2, -0.15) is 0 Å². The summed E-state index contributed by atoms with van der Waals surface area (Å²) in [6, 6.07) is 13.4. The van der Waals surface area contributed by atoms with E-state index in [1.54, 1.807) is 0 Å². The van der Waals surface area contributed by atoms with Crippen LogP contribution in [0.3, 0.4) is 0 Å². The van der Waals surface area contributed by atoms with E-state index in [4.69, 9.17) is 4.74 Å². The van der Waals surface area contributed by atoms with Crippen LogP contribution < -0.4 is 10.1 Å². The van der Waals surface area contributed by atoms with Crippen molar-refractivity contribution in [2.75, 3.05) is 11.9 Å². The SMILES string of the molecule is CCOc1ccc2nc(NC(=O)c3ccc(C(C)C)cc3)sc2c1.